The van der Waals surface area contributed by atoms with Crippen molar-refractivity contribution in [2.75, 3.05) is 20.2 Å². The molecule has 0 heterocycles. The molecule has 4 nitrogen and oxygen atoms in total. The summed E-state index contributed by atoms with van der Waals surface area (Å²) in [5, 5.41) is 0. The van der Waals surface area contributed by atoms with Crippen molar-refractivity contribution in [1.82, 2.24) is 4.90 Å². The predicted octanol–water partition coefficient (Wildman–Crippen LogP) is 1.51. The summed E-state index contributed by atoms with van der Waals surface area (Å²) in [4.78, 5) is 13.7. The maximum absolute atomic E-state index is 11.8. The Balaban J connectivity index is 2.41. The Morgan fingerprint density at radius 3 is 2.72 bits per heavy atom. The van der Waals surface area contributed by atoms with Crippen molar-refractivity contribution >= 4 is 23.1 Å². The minimum atomic E-state index is -0.0884. The number of benzene rings is 1. The first-order valence-electron chi connectivity index (χ1n) is 5.71. The molecule has 0 saturated heterocycles. The zero-order valence-corrected chi connectivity index (χ0v) is 11.5. The van der Waals surface area contributed by atoms with Gasteiger partial charge in [0.15, 0.2) is 6.61 Å². The molecule has 0 bridgehead atoms. The van der Waals surface area contributed by atoms with E-state index in [1.807, 2.05) is 31.2 Å². The average molecular weight is 266 g/mol. The van der Waals surface area contributed by atoms with Crippen LogP contribution < -0.4 is 10.5 Å². The first kappa shape index (κ1) is 14.4. The minimum absolute atomic E-state index is 0.0265. The number of hydrogen-bond acceptors (Lipinski definition) is 3. The van der Waals surface area contributed by atoms with Crippen LogP contribution in [0.2, 0.25) is 0 Å². The summed E-state index contributed by atoms with van der Waals surface area (Å²) in [5.41, 5.74) is 6.40. The van der Waals surface area contributed by atoms with Gasteiger partial charge in [0.25, 0.3) is 5.91 Å². The zero-order chi connectivity index (χ0) is 13.5. The van der Waals surface area contributed by atoms with E-state index in [0.29, 0.717) is 18.0 Å². The van der Waals surface area contributed by atoms with Crippen molar-refractivity contribution in [1.29, 1.82) is 0 Å². The fraction of sp³-hybridized carbons (Fsp3) is 0.385. The van der Waals surface area contributed by atoms with Crippen LogP contribution >= 0.6 is 12.2 Å². The Morgan fingerprint density at radius 1 is 1.44 bits per heavy atom. The number of likely N-dealkylation sites (N-methyl/N-ethyl adjacent to an activating group) is 1. The topological polar surface area (TPSA) is 55.6 Å². The molecule has 1 aromatic carbocycles. The van der Waals surface area contributed by atoms with Crippen LogP contribution in [-0.2, 0) is 4.79 Å². The van der Waals surface area contributed by atoms with Crippen molar-refractivity contribution in [3.8, 4) is 5.75 Å². The Kier molecular flexibility index (Phi) is 5.58. The Morgan fingerprint density at radius 2 is 2.11 bits per heavy atom. The van der Waals surface area contributed by atoms with Gasteiger partial charge in [-0.05, 0) is 18.6 Å². The SMILES string of the molecule is Cc1ccccc1OCC(=O)N(C)CCC(N)=S. The second-order valence-electron chi connectivity index (χ2n) is 4.09. The molecule has 1 aromatic rings. The number of nitrogens with two attached hydrogens (primary N) is 1. The summed E-state index contributed by atoms with van der Waals surface area (Å²) in [6, 6.07) is 7.59. The molecule has 1 amide bonds. The molecular formula is C13H18N2O2S. The minimum Gasteiger partial charge on any atom is -0.484 e. The summed E-state index contributed by atoms with van der Waals surface area (Å²) in [6.07, 6.45) is 0.530. The van der Waals surface area contributed by atoms with Crippen LogP contribution in [0.1, 0.15) is 12.0 Å². The maximum atomic E-state index is 11.8. The fourth-order valence-corrected chi connectivity index (χ4v) is 1.46. The highest BCUT2D eigenvalue weighted by atomic mass is 32.1. The van der Waals surface area contributed by atoms with Crippen molar-refractivity contribution in [3.63, 3.8) is 0 Å². The van der Waals surface area contributed by atoms with Crippen LogP contribution in [0, 0.1) is 6.92 Å². The van der Waals surface area contributed by atoms with Gasteiger partial charge in [-0.15, -0.1) is 0 Å². The number of rotatable bonds is 6. The van der Waals surface area contributed by atoms with Gasteiger partial charge >= 0.3 is 0 Å². The predicted molar refractivity (Wildman–Crippen MR) is 75.7 cm³/mol. The monoisotopic (exact) mass is 266 g/mol. The number of carbonyl (C=O) groups is 1. The van der Waals surface area contributed by atoms with E-state index in [-0.39, 0.29) is 12.5 Å². The molecule has 0 aliphatic rings. The number of carbonyl (C=O) groups excluding carboxylic acids is 1. The molecule has 0 aliphatic carbocycles. The smallest absolute Gasteiger partial charge is 0.260 e. The highest BCUT2D eigenvalue weighted by molar-refractivity contribution is 7.80. The molecule has 5 heteroatoms. The number of nitrogens with zero attached hydrogens (tertiary/aromatic N) is 1. The summed E-state index contributed by atoms with van der Waals surface area (Å²) >= 11 is 4.77. The quantitative estimate of drug-likeness (QED) is 0.793. The first-order valence-corrected chi connectivity index (χ1v) is 6.12. The van der Waals surface area contributed by atoms with Crippen molar-refractivity contribution in [2.45, 2.75) is 13.3 Å². The molecular weight excluding hydrogens is 248 g/mol. The van der Waals surface area contributed by atoms with Gasteiger partial charge in [-0.25, -0.2) is 0 Å². The Hall–Kier alpha value is -1.62. The normalized spacial score (nSPS) is 9.89. The number of ether oxygens (including phenoxy) is 1. The summed E-state index contributed by atoms with van der Waals surface area (Å²) in [6.45, 7) is 2.49. The van der Waals surface area contributed by atoms with Gasteiger partial charge in [0, 0.05) is 20.0 Å². The highest BCUT2D eigenvalue weighted by Gasteiger charge is 2.10. The summed E-state index contributed by atoms with van der Waals surface area (Å²) in [5.74, 6) is 0.642. The van der Waals surface area contributed by atoms with E-state index in [1.165, 1.54) is 0 Å². The van der Waals surface area contributed by atoms with E-state index >= 15 is 0 Å². The van der Waals surface area contributed by atoms with Crippen molar-refractivity contribution in [2.24, 2.45) is 5.73 Å². The van der Waals surface area contributed by atoms with E-state index in [1.54, 1.807) is 11.9 Å². The average Bonchev–Trinajstić information content (AvgIpc) is 2.34. The molecule has 98 valence electrons. The molecule has 2 N–H and O–H groups in total. The van der Waals surface area contributed by atoms with E-state index in [9.17, 15) is 4.79 Å². The molecule has 0 spiro atoms. The fourth-order valence-electron chi connectivity index (χ4n) is 1.37. The number of para-hydroxylation sites is 1. The molecule has 0 atom stereocenters. The van der Waals surface area contributed by atoms with Crippen LogP contribution in [0.25, 0.3) is 0 Å². The van der Waals surface area contributed by atoms with Crippen molar-refractivity contribution < 1.29 is 9.53 Å². The second-order valence-corrected chi connectivity index (χ2v) is 4.61. The third-order valence-electron chi connectivity index (χ3n) is 2.56. The van der Waals surface area contributed by atoms with Crippen LogP contribution in [0.15, 0.2) is 24.3 Å². The summed E-state index contributed by atoms with van der Waals surface area (Å²) < 4.78 is 5.47. The molecule has 0 fully saturated rings. The molecule has 0 aromatic heterocycles. The van der Waals surface area contributed by atoms with E-state index in [2.05, 4.69) is 0 Å². The van der Waals surface area contributed by atoms with Crippen LogP contribution in [0.5, 0.6) is 5.75 Å². The van der Waals surface area contributed by atoms with Crippen molar-refractivity contribution in [3.05, 3.63) is 29.8 Å². The molecule has 18 heavy (non-hydrogen) atoms. The van der Waals surface area contributed by atoms with Gasteiger partial charge in [0.05, 0.1) is 4.99 Å². The maximum Gasteiger partial charge on any atom is 0.260 e. The summed E-state index contributed by atoms with van der Waals surface area (Å²) in [7, 11) is 1.71. The largest absolute Gasteiger partial charge is 0.484 e. The molecule has 0 aliphatic heterocycles. The van der Waals surface area contributed by atoms with E-state index in [4.69, 9.17) is 22.7 Å². The highest BCUT2D eigenvalue weighted by Crippen LogP contribution is 2.15. The number of amides is 1. The molecule has 0 unspecified atom stereocenters. The van der Waals surface area contributed by atoms with Gasteiger partial charge in [-0.1, -0.05) is 30.4 Å². The molecule has 1 rings (SSSR count). The van der Waals surface area contributed by atoms with Gasteiger partial charge in [0.2, 0.25) is 0 Å². The van der Waals surface area contributed by atoms with Crippen LogP contribution in [0.3, 0.4) is 0 Å². The molecule has 0 saturated carbocycles. The van der Waals surface area contributed by atoms with E-state index in [0.717, 1.165) is 11.3 Å². The lowest BCUT2D eigenvalue weighted by molar-refractivity contribution is -0.131. The second kappa shape index (κ2) is 6.96. The lowest BCUT2D eigenvalue weighted by Gasteiger charge is -2.17. The third-order valence-corrected chi connectivity index (χ3v) is 2.77. The number of hydrogen-bond donors (Lipinski definition) is 1. The third kappa shape index (κ3) is 4.71. The first-order chi connectivity index (χ1) is 8.50. The zero-order valence-electron chi connectivity index (χ0n) is 10.7. The molecule has 0 radical (unpaired) electrons. The lowest BCUT2D eigenvalue weighted by atomic mass is 10.2. The van der Waals surface area contributed by atoms with Gasteiger partial charge < -0.3 is 15.4 Å². The lowest BCUT2D eigenvalue weighted by Crippen LogP contribution is -2.33. The number of aryl methyl sites for hydroxylation is 1. The Bertz CT molecular complexity index is 435. The van der Waals surface area contributed by atoms with Gasteiger partial charge in [0.1, 0.15) is 5.75 Å². The standard InChI is InChI=1S/C13H18N2O2S/c1-10-5-3-4-6-11(10)17-9-13(16)15(2)8-7-12(14)18/h3-6H,7-9H2,1-2H3,(H2,14,18). The van der Waals surface area contributed by atoms with Crippen LogP contribution in [-0.4, -0.2) is 36.0 Å². The van der Waals surface area contributed by atoms with Gasteiger partial charge in [-0.2, -0.15) is 0 Å². The Labute approximate surface area is 113 Å². The van der Waals surface area contributed by atoms with Gasteiger partial charge in [-0.3, -0.25) is 4.79 Å². The van der Waals surface area contributed by atoms with E-state index < -0.39 is 0 Å². The van der Waals surface area contributed by atoms with Crippen LogP contribution in [0.4, 0.5) is 0 Å². The number of thiocarbonyl (C=S) groups is 1.